The number of hydrogen-bond donors (Lipinski definition) is 0. The Labute approximate surface area is 199 Å². The molecule has 0 radical (unpaired) electrons. The average molecular weight is 458 g/mol. The standard InChI is InChI=1S/C28H27NO5/c1-28(2,3)34-26(31)19-13-18(16-30)14-20(15-19)29(4)27(32)33-17-25-23-11-7-5-9-21(23)22-10-6-8-12-24(22)25/h5-16,25H,17H2,1-4H3. The molecule has 174 valence electrons. The van der Waals surface area contributed by atoms with Crippen molar-refractivity contribution in [3.8, 4) is 11.1 Å². The molecule has 4 rings (SSSR count). The Morgan fingerprint density at radius 2 is 1.53 bits per heavy atom. The fraction of sp³-hybridized carbons (Fsp3) is 0.250. The number of nitrogens with zero attached hydrogens (tertiary/aromatic N) is 1. The summed E-state index contributed by atoms with van der Waals surface area (Å²) in [4.78, 5) is 38.2. The highest BCUT2D eigenvalue weighted by molar-refractivity contribution is 5.96. The van der Waals surface area contributed by atoms with Crippen LogP contribution in [0.3, 0.4) is 0 Å². The maximum atomic E-state index is 12.9. The quantitative estimate of drug-likeness (QED) is 0.355. The highest BCUT2D eigenvalue weighted by Gasteiger charge is 2.29. The number of anilines is 1. The van der Waals surface area contributed by atoms with Crippen molar-refractivity contribution in [2.45, 2.75) is 32.3 Å². The van der Waals surface area contributed by atoms with E-state index in [0.29, 0.717) is 12.0 Å². The summed E-state index contributed by atoms with van der Waals surface area (Å²) in [6, 6.07) is 20.7. The largest absolute Gasteiger partial charge is 0.456 e. The number of carbonyl (C=O) groups is 3. The maximum absolute atomic E-state index is 12.9. The van der Waals surface area contributed by atoms with Gasteiger partial charge in [0.1, 0.15) is 18.5 Å². The minimum atomic E-state index is -0.687. The van der Waals surface area contributed by atoms with E-state index in [-0.39, 0.29) is 23.7 Å². The molecule has 0 heterocycles. The van der Waals surface area contributed by atoms with E-state index in [0.717, 1.165) is 22.3 Å². The van der Waals surface area contributed by atoms with Crippen molar-refractivity contribution in [2.24, 2.45) is 0 Å². The Hall–Kier alpha value is -3.93. The average Bonchev–Trinajstić information content (AvgIpc) is 3.14. The number of rotatable bonds is 5. The van der Waals surface area contributed by atoms with Crippen LogP contribution in [0.15, 0.2) is 66.7 Å². The van der Waals surface area contributed by atoms with Gasteiger partial charge >= 0.3 is 12.1 Å². The van der Waals surface area contributed by atoms with E-state index < -0.39 is 17.7 Å². The number of aldehydes is 1. The fourth-order valence-corrected chi connectivity index (χ4v) is 4.15. The molecule has 0 saturated carbocycles. The Morgan fingerprint density at radius 1 is 0.941 bits per heavy atom. The van der Waals surface area contributed by atoms with E-state index in [1.54, 1.807) is 27.8 Å². The first-order chi connectivity index (χ1) is 16.2. The zero-order valence-corrected chi connectivity index (χ0v) is 19.7. The molecule has 1 aliphatic carbocycles. The van der Waals surface area contributed by atoms with Crippen LogP contribution >= 0.6 is 0 Å². The number of amides is 1. The Bertz CT molecular complexity index is 1210. The maximum Gasteiger partial charge on any atom is 0.414 e. The Morgan fingerprint density at radius 3 is 2.09 bits per heavy atom. The van der Waals surface area contributed by atoms with Gasteiger partial charge in [-0.05, 0) is 61.2 Å². The summed E-state index contributed by atoms with van der Waals surface area (Å²) < 4.78 is 11.1. The molecular formula is C28H27NO5. The van der Waals surface area contributed by atoms with Gasteiger partial charge in [0.2, 0.25) is 0 Å². The normalized spacial score (nSPS) is 12.5. The second-order valence-electron chi connectivity index (χ2n) is 9.30. The summed E-state index contributed by atoms with van der Waals surface area (Å²) in [7, 11) is 1.54. The first-order valence-corrected chi connectivity index (χ1v) is 11.1. The highest BCUT2D eigenvalue weighted by atomic mass is 16.6. The summed E-state index contributed by atoms with van der Waals surface area (Å²) in [5.41, 5.74) is 4.66. The molecular weight excluding hydrogens is 430 g/mol. The van der Waals surface area contributed by atoms with Gasteiger partial charge in [0.15, 0.2) is 0 Å². The van der Waals surface area contributed by atoms with Crippen molar-refractivity contribution in [2.75, 3.05) is 18.6 Å². The van der Waals surface area contributed by atoms with Gasteiger partial charge in [0.25, 0.3) is 0 Å². The van der Waals surface area contributed by atoms with E-state index in [2.05, 4.69) is 24.3 Å². The van der Waals surface area contributed by atoms with Gasteiger partial charge in [-0.15, -0.1) is 0 Å². The molecule has 0 fully saturated rings. The molecule has 34 heavy (non-hydrogen) atoms. The van der Waals surface area contributed by atoms with Gasteiger partial charge in [-0.2, -0.15) is 0 Å². The van der Waals surface area contributed by atoms with Gasteiger partial charge in [-0.1, -0.05) is 48.5 Å². The lowest BCUT2D eigenvalue weighted by Gasteiger charge is -2.22. The van der Waals surface area contributed by atoms with E-state index in [1.165, 1.54) is 23.1 Å². The summed E-state index contributed by atoms with van der Waals surface area (Å²) in [5.74, 6) is -0.637. The molecule has 0 unspecified atom stereocenters. The highest BCUT2D eigenvalue weighted by Crippen LogP contribution is 2.44. The number of benzene rings is 3. The zero-order valence-electron chi connectivity index (χ0n) is 19.7. The van der Waals surface area contributed by atoms with Crippen LogP contribution in [0.25, 0.3) is 11.1 Å². The Balaban J connectivity index is 1.53. The number of ether oxygens (including phenoxy) is 2. The van der Waals surface area contributed by atoms with Crippen LogP contribution in [0.1, 0.15) is 58.5 Å². The topological polar surface area (TPSA) is 72.9 Å². The van der Waals surface area contributed by atoms with E-state index in [4.69, 9.17) is 9.47 Å². The van der Waals surface area contributed by atoms with E-state index >= 15 is 0 Å². The predicted octanol–water partition coefficient (Wildman–Crippen LogP) is 5.84. The summed E-state index contributed by atoms with van der Waals surface area (Å²) in [6.45, 7) is 5.46. The molecule has 6 nitrogen and oxygen atoms in total. The van der Waals surface area contributed by atoms with Crippen LogP contribution in [0.4, 0.5) is 10.5 Å². The molecule has 0 spiro atoms. The first-order valence-electron chi connectivity index (χ1n) is 11.1. The number of esters is 1. The molecule has 0 N–H and O–H groups in total. The smallest absolute Gasteiger partial charge is 0.414 e. The van der Waals surface area contributed by atoms with Gasteiger partial charge in [0.05, 0.1) is 5.56 Å². The third kappa shape index (κ3) is 4.71. The number of fused-ring (bicyclic) bond motifs is 3. The number of carbonyl (C=O) groups excluding carboxylic acids is 3. The second kappa shape index (κ2) is 9.14. The van der Waals surface area contributed by atoms with Gasteiger partial charge in [-0.25, -0.2) is 9.59 Å². The summed E-state index contributed by atoms with van der Waals surface area (Å²) in [6.07, 6.45) is 0.0446. The molecule has 0 bridgehead atoms. The molecule has 0 aromatic heterocycles. The van der Waals surface area contributed by atoms with Crippen LogP contribution in [0.2, 0.25) is 0 Å². The lowest BCUT2D eigenvalue weighted by atomic mass is 9.98. The van der Waals surface area contributed by atoms with Gasteiger partial charge in [-0.3, -0.25) is 9.69 Å². The molecule has 0 atom stereocenters. The molecule has 3 aromatic rings. The van der Waals surface area contributed by atoms with Crippen molar-refractivity contribution < 1.29 is 23.9 Å². The van der Waals surface area contributed by atoms with Gasteiger partial charge < -0.3 is 9.47 Å². The van der Waals surface area contributed by atoms with Crippen molar-refractivity contribution >= 4 is 24.0 Å². The van der Waals surface area contributed by atoms with Crippen LogP contribution in [-0.2, 0) is 9.47 Å². The van der Waals surface area contributed by atoms with Crippen molar-refractivity contribution in [1.29, 1.82) is 0 Å². The van der Waals surface area contributed by atoms with Gasteiger partial charge in [0, 0.05) is 24.2 Å². The molecule has 1 aliphatic rings. The Kier molecular flexibility index (Phi) is 6.24. The van der Waals surface area contributed by atoms with Crippen molar-refractivity contribution in [3.63, 3.8) is 0 Å². The van der Waals surface area contributed by atoms with Crippen LogP contribution in [0, 0.1) is 0 Å². The molecule has 1 amide bonds. The minimum Gasteiger partial charge on any atom is -0.456 e. The van der Waals surface area contributed by atoms with E-state index in [1.807, 2.05) is 24.3 Å². The van der Waals surface area contributed by atoms with Crippen molar-refractivity contribution in [3.05, 3.63) is 89.0 Å². The van der Waals surface area contributed by atoms with E-state index in [9.17, 15) is 14.4 Å². The minimum absolute atomic E-state index is 0.0663. The fourth-order valence-electron chi connectivity index (χ4n) is 4.15. The summed E-state index contributed by atoms with van der Waals surface area (Å²) >= 11 is 0. The molecule has 6 heteroatoms. The third-order valence-corrected chi connectivity index (χ3v) is 5.71. The lowest BCUT2D eigenvalue weighted by molar-refractivity contribution is 0.00694. The summed E-state index contributed by atoms with van der Waals surface area (Å²) in [5, 5.41) is 0. The zero-order chi connectivity index (χ0) is 24.5. The molecule has 0 saturated heterocycles. The SMILES string of the molecule is CN(C(=O)OCC1c2ccccc2-c2ccccc21)c1cc(C=O)cc(C(=O)OC(C)(C)C)c1. The van der Waals surface area contributed by atoms with Crippen LogP contribution in [-0.4, -0.2) is 37.6 Å². The van der Waals surface area contributed by atoms with Crippen LogP contribution in [0.5, 0.6) is 0 Å². The second-order valence-corrected chi connectivity index (χ2v) is 9.30. The lowest BCUT2D eigenvalue weighted by Crippen LogP contribution is -2.29. The monoisotopic (exact) mass is 457 g/mol. The predicted molar refractivity (Wildman–Crippen MR) is 130 cm³/mol. The molecule has 0 aliphatic heterocycles. The van der Waals surface area contributed by atoms with Crippen molar-refractivity contribution in [1.82, 2.24) is 0 Å². The van der Waals surface area contributed by atoms with Crippen LogP contribution < -0.4 is 4.90 Å². The molecule has 3 aromatic carbocycles. The third-order valence-electron chi connectivity index (χ3n) is 5.71. The first kappa shape index (κ1) is 23.2. The number of hydrogen-bond acceptors (Lipinski definition) is 5.